The summed E-state index contributed by atoms with van der Waals surface area (Å²) in [6, 6.07) is 16.7. The number of hydrogen-bond donors (Lipinski definition) is 1. The van der Waals surface area contributed by atoms with Crippen LogP contribution in [0.1, 0.15) is 17.7 Å². The van der Waals surface area contributed by atoms with Crippen LogP contribution in [0.4, 0.5) is 5.82 Å². The van der Waals surface area contributed by atoms with Gasteiger partial charge in [0.2, 0.25) is 5.91 Å². The molecule has 0 bridgehead atoms. The van der Waals surface area contributed by atoms with Crippen LogP contribution in [-0.4, -0.2) is 34.4 Å². The predicted octanol–water partition coefficient (Wildman–Crippen LogP) is 5.11. The maximum absolute atomic E-state index is 12.6. The number of aryl methyl sites for hydroxylation is 2. The van der Waals surface area contributed by atoms with Gasteiger partial charge in [-0.3, -0.25) is 4.79 Å². The number of carbonyl (C=O) groups excluding carboxylic acids is 1. The maximum Gasteiger partial charge on any atom is 0.228 e. The minimum atomic E-state index is -0.201. The van der Waals surface area contributed by atoms with E-state index in [1.807, 2.05) is 50.2 Å². The molecule has 4 rings (SSSR count). The van der Waals surface area contributed by atoms with Crippen LogP contribution in [0, 0.1) is 13.8 Å². The number of amides is 1. The molecule has 4 aromatic rings. The van der Waals surface area contributed by atoms with Gasteiger partial charge < -0.3 is 14.8 Å². The van der Waals surface area contributed by atoms with Crippen LogP contribution in [0.2, 0.25) is 5.02 Å². The van der Waals surface area contributed by atoms with Gasteiger partial charge in [-0.15, -0.1) is 0 Å². The molecule has 0 spiro atoms. The zero-order valence-electron chi connectivity index (χ0n) is 18.1. The predicted molar refractivity (Wildman–Crippen MR) is 125 cm³/mol. The number of benzene rings is 2. The molecule has 2 heterocycles. The summed E-state index contributed by atoms with van der Waals surface area (Å²) in [5, 5.41) is 8.94. The molecular weight excluding hydrogens is 428 g/mol. The van der Waals surface area contributed by atoms with E-state index >= 15 is 0 Å². The van der Waals surface area contributed by atoms with E-state index in [1.165, 1.54) is 0 Å². The molecule has 7 nitrogen and oxygen atoms in total. The lowest BCUT2D eigenvalue weighted by molar-refractivity contribution is -0.116. The number of nitrogens with zero attached hydrogens (tertiary/aromatic N) is 3. The van der Waals surface area contributed by atoms with Crippen molar-refractivity contribution in [2.75, 3.05) is 19.0 Å². The zero-order chi connectivity index (χ0) is 22.7. The van der Waals surface area contributed by atoms with E-state index in [2.05, 4.69) is 10.4 Å². The summed E-state index contributed by atoms with van der Waals surface area (Å²) in [6.45, 7) is 4.07. The molecule has 0 aliphatic carbocycles. The smallest absolute Gasteiger partial charge is 0.228 e. The Bertz CT molecular complexity index is 1290. The second-order valence-electron chi connectivity index (χ2n) is 7.31. The van der Waals surface area contributed by atoms with Crippen molar-refractivity contribution < 1.29 is 14.3 Å². The molecule has 0 atom stereocenters. The van der Waals surface area contributed by atoms with Crippen LogP contribution < -0.4 is 14.8 Å². The number of methoxy groups -OCH3 is 1. The summed E-state index contributed by atoms with van der Waals surface area (Å²) < 4.78 is 12.7. The summed E-state index contributed by atoms with van der Waals surface area (Å²) >= 11 is 6.08. The third-order valence-corrected chi connectivity index (χ3v) is 5.27. The molecule has 0 saturated heterocycles. The van der Waals surface area contributed by atoms with Gasteiger partial charge in [-0.25, -0.2) is 4.98 Å². The fourth-order valence-corrected chi connectivity index (χ4v) is 3.62. The summed E-state index contributed by atoms with van der Waals surface area (Å²) in [7, 11) is 1.62. The molecule has 164 valence electrons. The molecule has 0 aliphatic heterocycles. The van der Waals surface area contributed by atoms with E-state index in [4.69, 9.17) is 26.1 Å². The van der Waals surface area contributed by atoms with Crippen molar-refractivity contribution in [3.05, 3.63) is 70.9 Å². The van der Waals surface area contributed by atoms with E-state index < -0.39 is 0 Å². The van der Waals surface area contributed by atoms with Crippen LogP contribution in [0.5, 0.6) is 11.5 Å². The Morgan fingerprint density at radius 2 is 1.88 bits per heavy atom. The molecule has 0 unspecified atom stereocenters. The minimum absolute atomic E-state index is 0.160. The van der Waals surface area contributed by atoms with Gasteiger partial charge in [-0.05, 0) is 43.7 Å². The Labute approximate surface area is 190 Å². The molecule has 8 heteroatoms. The number of aromatic nitrogens is 3. The standard InChI is InChI=1S/C24H23ClN4O3/c1-15-13-21(27-24-17(15)7-6-10-20(24)31-3)29-22(14-16(2)28-29)26-23(30)11-12-32-19-9-5-4-8-18(19)25/h4-10,13-14H,11-12H2,1-3H3,(H,26,30). The van der Waals surface area contributed by atoms with E-state index in [1.54, 1.807) is 30.0 Å². The van der Waals surface area contributed by atoms with Crippen LogP contribution in [0.3, 0.4) is 0 Å². The summed E-state index contributed by atoms with van der Waals surface area (Å²) in [5.41, 5.74) is 2.53. The summed E-state index contributed by atoms with van der Waals surface area (Å²) in [4.78, 5) is 17.3. The number of carbonyl (C=O) groups is 1. The lowest BCUT2D eigenvalue weighted by atomic mass is 10.1. The maximum atomic E-state index is 12.6. The first-order valence-corrected chi connectivity index (χ1v) is 10.5. The Morgan fingerprint density at radius 3 is 2.66 bits per heavy atom. The highest BCUT2D eigenvalue weighted by Gasteiger charge is 2.15. The summed E-state index contributed by atoms with van der Waals surface area (Å²) in [5.74, 6) is 2.15. The van der Waals surface area contributed by atoms with E-state index in [0.717, 1.165) is 22.2 Å². The fourth-order valence-electron chi connectivity index (χ4n) is 3.43. The third-order valence-electron chi connectivity index (χ3n) is 4.96. The quantitative estimate of drug-likeness (QED) is 0.423. The minimum Gasteiger partial charge on any atom is -0.494 e. The van der Waals surface area contributed by atoms with Gasteiger partial charge in [0.1, 0.15) is 22.8 Å². The highest BCUT2D eigenvalue weighted by molar-refractivity contribution is 6.32. The largest absolute Gasteiger partial charge is 0.494 e. The van der Waals surface area contributed by atoms with E-state index in [-0.39, 0.29) is 18.9 Å². The van der Waals surface area contributed by atoms with Crippen molar-refractivity contribution in [2.45, 2.75) is 20.3 Å². The van der Waals surface area contributed by atoms with Crippen LogP contribution in [0.15, 0.2) is 54.6 Å². The van der Waals surface area contributed by atoms with Crippen molar-refractivity contribution >= 4 is 34.2 Å². The Kier molecular flexibility index (Phi) is 6.28. The Balaban J connectivity index is 1.54. The first-order valence-electron chi connectivity index (χ1n) is 10.1. The van der Waals surface area contributed by atoms with Crippen molar-refractivity contribution in [3.8, 4) is 17.3 Å². The molecule has 1 amide bonds. The van der Waals surface area contributed by atoms with Crippen molar-refractivity contribution in [1.29, 1.82) is 0 Å². The summed E-state index contributed by atoms with van der Waals surface area (Å²) in [6.07, 6.45) is 0.160. The monoisotopic (exact) mass is 450 g/mol. The van der Waals surface area contributed by atoms with Crippen LogP contribution >= 0.6 is 11.6 Å². The van der Waals surface area contributed by atoms with Crippen LogP contribution in [-0.2, 0) is 4.79 Å². The number of fused-ring (bicyclic) bond motifs is 1. The Hall–Kier alpha value is -3.58. The van der Waals surface area contributed by atoms with Gasteiger partial charge in [-0.2, -0.15) is 9.78 Å². The van der Waals surface area contributed by atoms with Gasteiger partial charge >= 0.3 is 0 Å². The molecule has 0 fully saturated rings. The van der Waals surface area contributed by atoms with Gasteiger partial charge in [-0.1, -0.05) is 35.9 Å². The van der Waals surface area contributed by atoms with E-state index in [0.29, 0.717) is 28.2 Å². The van der Waals surface area contributed by atoms with E-state index in [9.17, 15) is 4.79 Å². The molecule has 0 saturated carbocycles. The van der Waals surface area contributed by atoms with Gasteiger partial charge in [0.05, 0.1) is 30.9 Å². The Morgan fingerprint density at radius 1 is 1.09 bits per heavy atom. The number of nitrogens with one attached hydrogen (secondary N) is 1. The zero-order valence-corrected chi connectivity index (χ0v) is 18.8. The fraction of sp³-hybridized carbons (Fsp3) is 0.208. The number of anilines is 1. The molecule has 0 radical (unpaired) electrons. The number of ether oxygens (including phenoxy) is 2. The van der Waals surface area contributed by atoms with Gasteiger partial charge in [0.15, 0.2) is 5.82 Å². The van der Waals surface area contributed by atoms with Crippen molar-refractivity contribution in [3.63, 3.8) is 0 Å². The van der Waals surface area contributed by atoms with Gasteiger partial charge in [0.25, 0.3) is 0 Å². The normalized spacial score (nSPS) is 10.9. The number of rotatable bonds is 7. The number of halogens is 1. The molecule has 0 aliphatic rings. The van der Waals surface area contributed by atoms with Crippen LogP contribution in [0.25, 0.3) is 16.7 Å². The molecular formula is C24H23ClN4O3. The highest BCUT2D eigenvalue weighted by atomic mass is 35.5. The van der Waals surface area contributed by atoms with Crippen molar-refractivity contribution in [1.82, 2.24) is 14.8 Å². The second kappa shape index (κ2) is 9.28. The first-order chi connectivity index (χ1) is 15.5. The second-order valence-corrected chi connectivity index (χ2v) is 7.72. The highest BCUT2D eigenvalue weighted by Crippen LogP contribution is 2.28. The number of pyridine rings is 1. The number of hydrogen-bond acceptors (Lipinski definition) is 5. The average Bonchev–Trinajstić information content (AvgIpc) is 3.14. The lowest BCUT2D eigenvalue weighted by Gasteiger charge is -2.12. The third kappa shape index (κ3) is 4.53. The molecule has 2 aromatic heterocycles. The number of para-hydroxylation sites is 2. The lowest BCUT2D eigenvalue weighted by Crippen LogP contribution is -2.18. The van der Waals surface area contributed by atoms with Gasteiger partial charge in [0, 0.05) is 11.5 Å². The topological polar surface area (TPSA) is 78.3 Å². The molecule has 2 aromatic carbocycles. The average molecular weight is 451 g/mol. The first kappa shape index (κ1) is 21.6. The SMILES string of the molecule is COc1cccc2c(C)cc(-n3nc(C)cc3NC(=O)CCOc3ccccc3Cl)nc12. The molecule has 32 heavy (non-hydrogen) atoms. The molecule has 1 N–H and O–H groups in total. The van der Waals surface area contributed by atoms with Crippen molar-refractivity contribution in [2.24, 2.45) is 0 Å².